The predicted molar refractivity (Wildman–Crippen MR) is 139 cm³/mol. The molecule has 0 radical (unpaired) electrons. The van der Waals surface area contributed by atoms with E-state index in [2.05, 4.69) is 55.3 Å². The molecule has 1 N–H and O–H groups in total. The molecule has 0 aliphatic heterocycles. The number of nitrogens with zero attached hydrogens (tertiary/aromatic N) is 3. The molecule has 2 aromatic carbocycles. The summed E-state index contributed by atoms with van der Waals surface area (Å²) in [5, 5.41) is 11.4. The Balaban J connectivity index is 1.78. The molecule has 3 aromatic rings. The lowest BCUT2D eigenvalue weighted by atomic mass is 10.0. The number of halogens is 2. The number of thioether (sulfide) groups is 1. The molecule has 0 spiro atoms. The Morgan fingerprint density at radius 3 is 2.33 bits per heavy atom. The molecule has 1 heterocycles. The Morgan fingerprint density at radius 2 is 1.75 bits per heavy atom. The summed E-state index contributed by atoms with van der Waals surface area (Å²) < 4.78 is 35.4. The van der Waals surface area contributed by atoms with Crippen molar-refractivity contribution in [2.45, 2.75) is 76.9 Å². The molecule has 0 aliphatic rings. The summed E-state index contributed by atoms with van der Waals surface area (Å²) in [6.07, 6.45) is 0.120. The molecule has 194 valence electrons. The number of aromatic nitrogens is 3. The zero-order chi connectivity index (χ0) is 26.4. The Bertz CT molecular complexity index is 1170. The Kier molecular flexibility index (Phi) is 9.48. The average Bonchev–Trinajstić information content (AvgIpc) is 3.21. The summed E-state index contributed by atoms with van der Waals surface area (Å²) in [6.45, 7) is 12.9. The van der Waals surface area contributed by atoms with Crippen LogP contribution in [0.5, 0.6) is 5.75 Å². The van der Waals surface area contributed by atoms with Crippen LogP contribution in [-0.2, 0) is 11.3 Å². The lowest BCUT2D eigenvalue weighted by Crippen LogP contribution is -2.26. The van der Waals surface area contributed by atoms with E-state index in [0.717, 1.165) is 17.9 Å². The summed E-state index contributed by atoms with van der Waals surface area (Å²) in [7, 11) is 0. The highest BCUT2D eigenvalue weighted by molar-refractivity contribution is 8.00. The van der Waals surface area contributed by atoms with E-state index in [1.165, 1.54) is 23.4 Å². The topological polar surface area (TPSA) is 69.0 Å². The van der Waals surface area contributed by atoms with Gasteiger partial charge in [0, 0.05) is 12.6 Å². The van der Waals surface area contributed by atoms with Crippen LogP contribution in [0.15, 0.2) is 47.6 Å². The van der Waals surface area contributed by atoms with Crippen molar-refractivity contribution in [1.82, 2.24) is 14.8 Å². The fraction of sp³-hybridized carbons (Fsp3) is 0.444. The monoisotopic (exact) mass is 516 g/mol. The highest BCUT2D eigenvalue weighted by atomic mass is 32.2. The molecule has 1 amide bonds. The lowest BCUT2D eigenvalue weighted by Gasteiger charge is -2.19. The fourth-order valence-corrected chi connectivity index (χ4v) is 4.64. The first-order valence-corrected chi connectivity index (χ1v) is 13.1. The zero-order valence-corrected chi connectivity index (χ0v) is 22.4. The van der Waals surface area contributed by atoms with Crippen molar-refractivity contribution < 1.29 is 18.3 Å². The highest BCUT2D eigenvalue weighted by Gasteiger charge is 2.26. The normalized spacial score (nSPS) is 13.2. The lowest BCUT2D eigenvalue weighted by molar-refractivity contribution is -0.115. The number of carbonyl (C=O) groups is 1. The van der Waals surface area contributed by atoms with Crippen LogP contribution in [0.4, 0.5) is 14.5 Å². The van der Waals surface area contributed by atoms with Crippen LogP contribution in [0.2, 0.25) is 0 Å². The number of rotatable bonds is 11. The molecule has 9 heteroatoms. The van der Waals surface area contributed by atoms with Gasteiger partial charge in [0.2, 0.25) is 5.91 Å². The van der Waals surface area contributed by atoms with Crippen molar-refractivity contribution in [1.29, 1.82) is 0 Å². The second kappa shape index (κ2) is 12.3. The molecule has 0 fully saturated rings. The Hall–Kier alpha value is -2.94. The number of nitrogens with one attached hydrogen (secondary N) is 1. The minimum absolute atomic E-state index is 0.0599. The average molecular weight is 517 g/mol. The summed E-state index contributed by atoms with van der Waals surface area (Å²) in [4.78, 5) is 12.9. The van der Waals surface area contributed by atoms with E-state index >= 15 is 0 Å². The molecule has 6 nitrogen and oxygen atoms in total. The van der Waals surface area contributed by atoms with Crippen LogP contribution in [0.25, 0.3) is 0 Å². The van der Waals surface area contributed by atoms with Gasteiger partial charge in [-0.05, 0) is 55.0 Å². The molecule has 0 saturated carbocycles. The maximum Gasteiger partial charge on any atom is 0.238 e. The van der Waals surface area contributed by atoms with Gasteiger partial charge in [-0.15, -0.1) is 10.2 Å². The third-order valence-corrected chi connectivity index (χ3v) is 6.96. The molecule has 36 heavy (non-hydrogen) atoms. The summed E-state index contributed by atoms with van der Waals surface area (Å²) in [6, 6.07) is 11.1. The van der Waals surface area contributed by atoms with Crippen molar-refractivity contribution in [2.75, 3.05) is 5.32 Å². The summed E-state index contributed by atoms with van der Waals surface area (Å²) >= 11 is 1.27. The number of hydrogen-bond donors (Lipinski definition) is 1. The van der Waals surface area contributed by atoms with Crippen molar-refractivity contribution >= 4 is 23.4 Å². The van der Waals surface area contributed by atoms with Crippen LogP contribution in [0, 0.1) is 17.6 Å². The number of anilines is 1. The third kappa shape index (κ3) is 7.06. The largest absolute Gasteiger partial charge is 0.483 e. The van der Waals surface area contributed by atoms with Crippen LogP contribution in [0.3, 0.4) is 0 Å². The van der Waals surface area contributed by atoms with Gasteiger partial charge in [0.25, 0.3) is 0 Å². The molecule has 2 unspecified atom stereocenters. The van der Waals surface area contributed by atoms with Crippen LogP contribution in [0.1, 0.15) is 71.4 Å². The van der Waals surface area contributed by atoms with E-state index in [-0.39, 0.29) is 17.7 Å². The minimum atomic E-state index is -0.819. The first-order valence-electron chi connectivity index (χ1n) is 12.2. The molecular weight excluding hydrogens is 482 g/mol. The fourth-order valence-electron chi connectivity index (χ4n) is 3.67. The van der Waals surface area contributed by atoms with Crippen molar-refractivity contribution in [3.05, 3.63) is 65.5 Å². The van der Waals surface area contributed by atoms with Crippen molar-refractivity contribution in [3.63, 3.8) is 0 Å². The van der Waals surface area contributed by atoms with Crippen molar-refractivity contribution in [3.8, 4) is 5.75 Å². The van der Waals surface area contributed by atoms with E-state index in [4.69, 9.17) is 4.74 Å². The molecule has 1 aromatic heterocycles. The zero-order valence-electron chi connectivity index (χ0n) is 21.6. The third-order valence-electron chi connectivity index (χ3n) is 5.62. The standard InChI is InChI=1S/C27H34F2N4O2S/c1-7-24(26(34)30-23-13-10-20(28)14-22(23)29)36-27-32-31-25(33(27)15-16(2)3)18(6)35-21-11-8-19(9-12-21)17(4)5/h8-14,16-18,24H,7,15H2,1-6H3,(H,30,34). The molecule has 0 aliphatic carbocycles. The Labute approximate surface area is 215 Å². The molecule has 0 saturated heterocycles. The second-order valence-corrected chi connectivity index (χ2v) is 10.6. The predicted octanol–water partition coefficient (Wildman–Crippen LogP) is 6.99. The molecule has 2 atom stereocenters. The van der Waals surface area contributed by atoms with E-state index in [1.807, 2.05) is 30.5 Å². The second-order valence-electron chi connectivity index (χ2n) is 9.46. The quantitative estimate of drug-likeness (QED) is 0.278. The van der Waals surface area contributed by atoms with Gasteiger partial charge in [-0.25, -0.2) is 8.78 Å². The van der Waals surface area contributed by atoms with Crippen LogP contribution < -0.4 is 10.1 Å². The van der Waals surface area contributed by atoms with Gasteiger partial charge in [0.15, 0.2) is 17.1 Å². The summed E-state index contributed by atoms with van der Waals surface area (Å²) in [5.74, 6) is 0.246. The number of amides is 1. The Morgan fingerprint density at radius 1 is 1.06 bits per heavy atom. The number of benzene rings is 2. The molecule has 0 bridgehead atoms. The van der Waals surface area contributed by atoms with Gasteiger partial charge in [0.05, 0.1) is 10.9 Å². The highest BCUT2D eigenvalue weighted by Crippen LogP contribution is 2.30. The van der Waals surface area contributed by atoms with E-state index in [0.29, 0.717) is 35.8 Å². The van der Waals surface area contributed by atoms with E-state index in [1.54, 1.807) is 0 Å². The first-order chi connectivity index (χ1) is 17.1. The first kappa shape index (κ1) is 27.6. The SMILES string of the molecule is CCC(Sc1nnc(C(C)Oc2ccc(C(C)C)cc2)n1CC(C)C)C(=O)Nc1ccc(F)cc1F. The van der Waals surface area contributed by atoms with Gasteiger partial charge >= 0.3 is 0 Å². The number of carbonyl (C=O) groups excluding carboxylic acids is 1. The van der Waals surface area contributed by atoms with Gasteiger partial charge < -0.3 is 14.6 Å². The number of ether oxygens (including phenoxy) is 1. The molecule has 3 rings (SSSR count). The van der Waals surface area contributed by atoms with Crippen LogP contribution in [-0.4, -0.2) is 25.9 Å². The maximum atomic E-state index is 14.0. The van der Waals surface area contributed by atoms with Gasteiger partial charge in [-0.2, -0.15) is 0 Å². The minimum Gasteiger partial charge on any atom is -0.483 e. The smallest absolute Gasteiger partial charge is 0.238 e. The van der Waals surface area contributed by atoms with E-state index in [9.17, 15) is 13.6 Å². The van der Waals surface area contributed by atoms with Gasteiger partial charge in [-0.3, -0.25) is 4.79 Å². The maximum absolute atomic E-state index is 14.0. The van der Waals surface area contributed by atoms with Gasteiger partial charge in [-0.1, -0.05) is 58.5 Å². The van der Waals surface area contributed by atoms with Crippen LogP contribution >= 0.6 is 11.8 Å². The molecular formula is C27H34F2N4O2S. The van der Waals surface area contributed by atoms with E-state index < -0.39 is 16.9 Å². The van der Waals surface area contributed by atoms with Crippen molar-refractivity contribution in [2.24, 2.45) is 5.92 Å². The number of hydrogen-bond acceptors (Lipinski definition) is 5. The summed E-state index contributed by atoms with van der Waals surface area (Å²) in [5.41, 5.74) is 1.18. The van der Waals surface area contributed by atoms with Gasteiger partial charge in [0.1, 0.15) is 17.4 Å².